The summed E-state index contributed by atoms with van der Waals surface area (Å²) >= 11 is 0. The summed E-state index contributed by atoms with van der Waals surface area (Å²) in [5.41, 5.74) is 0. The molecule has 0 fully saturated rings. The first kappa shape index (κ1) is 76.7. The molecule has 0 saturated carbocycles. The van der Waals surface area contributed by atoms with Crippen LogP contribution in [0, 0.1) is 0 Å². The van der Waals surface area contributed by atoms with Crippen LogP contribution < -0.4 is 16.0 Å². The molecule has 0 aliphatic carbocycles. The van der Waals surface area contributed by atoms with Crippen LogP contribution in [0.5, 0.6) is 0 Å². The zero-order valence-electron chi connectivity index (χ0n) is 53.4. The highest BCUT2D eigenvalue weighted by Crippen LogP contribution is 2.17. The molecule has 0 aliphatic heterocycles. The fraction of sp³-hybridized carbons (Fsp3) is 0.971. The molecule has 0 aromatic rings. The minimum atomic E-state index is -0.468. The van der Waals surface area contributed by atoms with Gasteiger partial charge in [-0.15, -0.1) is 0 Å². The molecule has 9 heteroatoms. The van der Waals surface area contributed by atoms with Crippen LogP contribution in [-0.4, -0.2) is 109 Å². The van der Waals surface area contributed by atoms with E-state index in [1.54, 1.807) is 0 Å². The molecule has 2 unspecified atom stereocenters. The van der Waals surface area contributed by atoms with E-state index in [4.69, 9.17) is 0 Å². The van der Waals surface area contributed by atoms with Crippen molar-refractivity contribution in [2.75, 3.05) is 65.4 Å². The standard InChI is InChI=1S/C69H141N5O4/c1-5-9-13-17-21-25-29-31-35-39-43-49-59-73(64-66(75)53-45-46-54-68(77)71-56-47-41-37-33-27-23-19-15-11-7-3)61-51-52-62-74(60-50-44-40-36-32-30-26-22-18-14-10-6-2)65-67(76)63-70-58-55-69(78)72-57-48-42-38-34-28-24-20-16-12-8-4/h66-67,70,75-76H,5-65H2,1-4H3,(H,71,77)(H,72,78). The molecule has 9 nitrogen and oxygen atoms in total. The van der Waals surface area contributed by atoms with E-state index < -0.39 is 6.10 Å². The van der Waals surface area contributed by atoms with E-state index in [9.17, 15) is 19.8 Å². The summed E-state index contributed by atoms with van der Waals surface area (Å²) in [4.78, 5) is 30.2. The first-order valence-electron chi connectivity index (χ1n) is 35.4. The Kier molecular flexibility index (Phi) is 63.9. The number of aliphatic hydroxyl groups is 2. The Hall–Kier alpha value is -1.26. The maximum Gasteiger partial charge on any atom is 0.221 e. The van der Waals surface area contributed by atoms with E-state index in [-0.39, 0.29) is 17.9 Å². The number of amides is 2. The number of carbonyl (C=O) groups is 2. The molecule has 0 aromatic carbocycles. The van der Waals surface area contributed by atoms with Crippen molar-refractivity contribution in [3.63, 3.8) is 0 Å². The van der Waals surface area contributed by atoms with Gasteiger partial charge in [0.1, 0.15) is 0 Å². The lowest BCUT2D eigenvalue weighted by molar-refractivity contribution is -0.121. The molecule has 0 aliphatic rings. The predicted molar refractivity (Wildman–Crippen MR) is 342 cm³/mol. The number of carbonyl (C=O) groups excluding carboxylic acids is 2. The lowest BCUT2D eigenvalue weighted by Crippen LogP contribution is -2.40. The van der Waals surface area contributed by atoms with Crippen molar-refractivity contribution in [3.8, 4) is 0 Å². The van der Waals surface area contributed by atoms with Gasteiger partial charge in [-0.25, -0.2) is 0 Å². The van der Waals surface area contributed by atoms with Crippen LogP contribution in [0.25, 0.3) is 0 Å². The fourth-order valence-corrected chi connectivity index (χ4v) is 11.4. The Morgan fingerprint density at radius 1 is 0.308 bits per heavy atom. The third kappa shape index (κ3) is 60.8. The summed E-state index contributed by atoms with van der Waals surface area (Å²) in [6, 6.07) is 0. The predicted octanol–water partition coefficient (Wildman–Crippen LogP) is 18.1. The van der Waals surface area contributed by atoms with Gasteiger partial charge in [-0.2, -0.15) is 0 Å². The zero-order valence-corrected chi connectivity index (χ0v) is 53.4. The molecule has 0 radical (unpaired) electrons. The SMILES string of the molecule is CCCCCCCCCCCCCCN(CCCCN(CCCCCCCCCCCCCC)CC(O)CNCCC(=O)NCCCCCCCCCCCC)CC(O)CCCCC(=O)NCCCCCCCCCCCC. The smallest absolute Gasteiger partial charge is 0.221 e. The van der Waals surface area contributed by atoms with Gasteiger partial charge in [0.25, 0.3) is 0 Å². The molecule has 0 heterocycles. The summed E-state index contributed by atoms with van der Waals surface area (Å²) in [5.74, 6) is 0.274. The second-order valence-corrected chi connectivity index (χ2v) is 24.7. The van der Waals surface area contributed by atoms with E-state index in [1.807, 2.05) is 0 Å². The van der Waals surface area contributed by atoms with Crippen molar-refractivity contribution in [1.82, 2.24) is 25.8 Å². The maximum absolute atomic E-state index is 12.6. The van der Waals surface area contributed by atoms with Crippen molar-refractivity contribution in [3.05, 3.63) is 0 Å². The largest absolute Gasteiger partial charge is 0.392 e. The van der Waals surface area contributed by atoms with Gasteiger partial charge in [-0.1, -0.05) is 291 Å². The van der Waals surface area contributed by atoms with Crippen molar-refractivity contribution < 1.29 is 19.8 Å². The van der Waals surface area contributed by atoms with Gasteiger partial charge in [0.15, 0.2) is 0 Å². The van der Waals surface area contributed by atoms with Gasteiger partial charge < -0.3 is 36.0 Å². The molecular formula is C69H141N5O4. The van der Waals surface area contributed by atoms with E-state index in [0.717, 1.165) is 84.2 Å². The number of rotatable bonds is 67. The molecule has 0 saturated heterocycles. The number of nitrogens with one attached hydrogen (secondary N) is 3. The van der Waals surface area contributed by atoms with E-state index >= 15 is 0 Å². The first-order valence-corrected chi connectivity index (χ1v) is 35.4. The normalized spacial score (nSPS) is 12.6. The van der Waals surface area contributed by atoms with Gasteiger partial charge >= 0.3 is 0 Å². The zero-order chi connectivity index (χ0) is 56.7. The Labute approximate surface area is 488 Å². The van der Waals surface area contributed by atoms with Crippen molar-refractivity contribution in [2.45, 2.75) is 367 Å². The molecule has 78 heavy (non-hydrogen) atoms. The van der Waals surface area contributed by atoms with Crippen LogP contribution >= 0.6 is 0 Å². The fourth-order valence-electron chi connectivity index (χ4n) is 11.4. The summed E-state index contributed by atoms with van der Waals surface area (Å²) in [6.45, 7) is 17.2. The second-order valence-electron chi connectivity index (χ2n) is 24.7. The topological polar surface area (TPSA) is 117 Å². The highest BCUT2D eigenvalue weighted by Gasteiger charge is 2.15. The van der Waals surface area contributed by atoms with Gasteiger partial charge in [-0.05, 0) is 77.5 Å². The molecule has 0 rings (SSSR count). The average Bonchev–Trinajstić information content (AvgIpc) is 3.43. The third-order valence-electron chi connectivity index (χ3n) is 16.6. The molecule has 0 aromatic heterocycles. The Balaban J connectivity index is 5.00. The van der Waals surface area contributed by atoms with Crippen LogP contribution in [0.4, 0.5) is 0 Å². The van der Waals surface area contributed by atoms with Gasteiger partial charge in [0, 0.05) is 52.1 Å². The van der Waals surface area contributed by atoms with Crippen LogP contribution in [0.3, 0.4) is 0 Å². The van der Waals surface area contributed by atoms with E-state index in [0.29, 0.717) is 39.0 Å². The second kappa shape index (κ2) is 64.9. The third-order valence-corrected chi connectivity index (χ3v) is 16.6. The maximum atomic E-state index is 12.6. The van der Waals surface area contributed by atoms with Crippen LogP contribution in [-0.2, 0) is 9.59 Å². The van der Waals surface area contributed by atoms with Gasteiger partial charge in [-0.3, -0.25) is 9.59 Å². The van der Waals surface area contributed by atoms with Gasteiger partial charge in [0.2, 0.25) is 11.8 Å². The van der Waals surface area contributed by atoms with E-state index in [1.165, 1.54) is 270 Å². The lowest BCUT2D eigenvalue weighted by Gasteiger charge is -2.27. The summed E-state index contributed by atoms with van der Waals surface area (Å²) in [7, 11) is 0. The Bertz CT molecular complexity index is 1090. The molecular weight excluding hydrogens is 963 g/mol. The molecule has 5 N–H and O–H groups in total. The summed E-state index contributed by atoms with van der Waals surface area (Å²) in [5, 5.41) is 32.2. The minimum Gasteiger partial charge on any atom is -0.392 e. The monoisotopic (exact) mass is 1100 g/mol. The quantitative estimate of drug-likeness (QED) is 0.0385. The molecule has 466 valence electrons. The number of unbranched alkanes of at least 4 members (excludes halogenated alkanes) is 42. The highest BCUT2D eigenvalue weighted by atomic mass is 16.3. The van der Waals surface area contributed by atoms with Crippen LogP contribution in [0.15, 0.2) is 0 Å². The summed E-state index contributed by atoms with van der Waals surface area (Å²) in [6.07, 6.45) is 63.2. The molecule has 0 bridgehead atoms. The Morgan fingerprint density at radius 2 is 0.577 bits per heavy atom. The first-order chi connectivity index (χ1) is 38.4. The van der Waals surface area contributed by atoms with Crippen molar-refractivity contribution >= 4 is 11.8 Å². The average molecular weight is 1100 g/mol. The van der Waals surface area contributed by atoms with Crippen molar-refractivity contribution in [2.24, 2.45) is 0 Å². The molecule has 0 spiro atoms. The number of hydrogen-bond donors (Lipinski definition) is 5. The number of aliphatic hydroxyl groups excluding tert-OH is 2. The highest BCUT2D eigenvalue weighted by molar-refractivity contribution is 5.76. The summed E-state index contributed by atoms with van der Waals surface area (Å²) < 4.78 is 0. The van der Waals surface area contributed by atoms with Crippen LogP contribution in [0.2, 0.25) is 0 Å². The Morgan fingerprint density at radius 3 is 0.910 bits per heavy atom. The van der Waals surface area contributed by atoms with E-state index in [2.05, 4.69) is 53.4 Å². The lowest BCUT2D eigenvalue weighted by atomic mass is 10.0. The minimum absolute atomic E-state index is 0.108. The van der Waals surface area contributed by atoms with Crippen molar-refractivity contribution in [1.29, 1.82) is 0 Å². The number of nitrogens with zero attached hydrogens (tertiary/aromatic N) is 2. The molecule has 2 amide bonds. The number of hydrogen-bond acceptors (Lipinski definition) is 7. The van der Waals surface area contributed by atoms with Crippen LogP contribution in [0.1, 0.15) is 355 Å². The van der Waals surface area contributed by atoms with Gasteiger partial charge in [0.05, 0.1) is 12.2 Å². The molecule has 2 atom stereocenters.